The average Bonchev–Trinajstić information content (AvgIpc) is 2.46. The molecule has 0 saturated heterocycles. The lowest BCUT2D eigenvalue weighted by atomic mass is 10.1. The summed E-state index contributed by atoms with van der Waals surface area (Å²) in [5, 5.41) is 0. The van der Waals surface area contributed by atoms with Crippen molar-refractivity contribution in [2.24, 2.45) is 11.5 Å². The zero-order valence-corrected chi connectivity index (χ0v) is 13.6. The van der Waals surface area contributed by atoms with Gasteiger partial charge in [-0.15, -0.1) is 11.6 Å². The van der Waals surface area contributed by atoms with Gasteiger partial charge in [0.2, 0.25) is 9.84 Å². The van der Waals surface area contributed by atoms with Crippen LogP contribution in [0.25, 0.3) is 0 Å². The third-order valence-corrected chi connectivity index (χ3v) is 5.93. The van der Waals surface area contributed by atoms with Crippen LogP contribution in [0.1, 0.15) is 24.8 Å². The fraction of sp³-hybridized carbons (Fsp3) is 0.500. The molecule has 0 heterocycles. The number of alkyl halides is 1. The number of hydrogen-bond acceptors (Lipinski definition) is 5. The molecule has 1 aromatic carbocycles. The standard InChI is InChI=1S/C14H21ClN2O3S/c1-11-4-6-12(7-5-11)21(19,20)14(17,13(18)10-15)8-2-3-9-16/h4-7H,2-3,8-10,16-17H2,1H3/t14-/m1/s1. The summed E-state index contributed by atoms with van der Waals surface area (Å²) in [7, 11) is -4.01. The summed E-state index contributed by atoms with van der Waals surface area (Å²) in [6.45, 7) is 2.26. The van der Waals surface area contributed by atoms with Crippen LogP contribution in [0.3, 0.4) is 0 Å². The molecule has 0 fully saturated rings. The zero-order valence-electron chi connectivity index (χ0n) is 12.0. The van der Waals surface area contributed by atoms with Crippen molar-refractivity contribution in [1.82, 2.24) is 0 Å². The van der Waals surface area contributed by atoms with Crippen molar-refractivity contribution < 1.29 is 13.2 Å². The highest BCUT2D eigenvalue weighted by molar-refractivity contribution is 7.93. The number of sulfone groups is 1. The van der Waals surface area contributed by atoms with Gasteiger partial charge in [0.15, 0.2) is 10.7 Å². The molecule has 0 aromatic heterocycles. The van der Waals surface area contributed by atoms with Crippen LogP contribution in [0.2, 0.25) is 0 Å². The van der Waals surface area contributed by atoms with Gasteiger partial charge in [-0.05, 0) is 44.9 Å². The number of ketones is 1. The number of nitrogens with two attached hydrogens (primary N) is 2. The lowest BCUT2D eigenvalue weighted by molar-refractivity contribution is -0.119. The molecule has 0 saturated carbocycles. The number of carbonyl (C=O) groups excluding carboxylic acids is 1. The van der Waals surface area contributed by atoms with Crippen LogP contribution < -0.4 is 11.5 Å². The van der Waals surface area contributed by atoms with Crippen molar-refractivity contribution in [2.75, 3.05) is 12.4 Å². The number of benzene rings is 1. The Bertz CT molecular complexity index is 587. The lowest BCUT2D eigenvalue weighted by Gasteiger charge is -2.27. The van der Waals surface area contributed by atoms with Crippen LogP contribution in [0.4, 0.5) is 0 Å². The maximum atomic E-state index is 12.7. The van der Waals surface area contributed by atoms with E-state index in [0.717, 1.165) is 5.56 Å². The minimum Gasteiger partial charge on any atom is -0.330 e. The predicted molar refractivity (Wildman–Crippen MR) is 83.9 cm³/mol. The first kappa shape index (κ1) is 18.1. The van der Waals surface area contributed by atoms with E-state index in [1.54, 1.807) is 12.1 Å². The van der Waals surface area contributed by atoms with Gasteiger partial charge in [-0.25, -0.2) is 8.42 Å². The number of carbonyl (C=O) groups is 1. The molecule has 5 nitrogen and oxygen atoms in total. The summed E-state index contributed by atoms with van der Waals surface area (Å²) in [5.41, 5.74) is 12.3. The Morgan fingerprint density at radius 1 is 1.24 bits per heavy atom. The molecule has 118 valence electrons. The Hall–Kier alpha value is -0.950. The summed E-state index contributed by atoms with van der Waals surface area (Å²) in [6, 6.07) is 6.24. The molecule has 0 aliphatic carbocycles. The van der Waals surface area contributed by atoms with Crippen LogP contribution in [0.15, 0.2) is 29.2 Å². The van der Waals surface area contributed by atoms with E-state index in [1.807, 2.05) is 6.92 Å². The molecular weight excluding hydrogens is 312 g/mol. The van der Waals surface area contributed by atoms with Gasteiger partial charge in [-0.1, -0.05) is 17.7 Å². The largest absolute Gasteiger partial charge is 0.330 e. The summed E-state index contributed by atoms with van der Waals surface area (Å²) in [6.07, 6.45) is 1.05. The molecule has 0 aliphatic heterocycles. The molecule has 0 aliphatic rings. The highest BCUT2D eigenvalue weighted by Crippen LogP contribution is 2.28. The molecule has 4 N–H and O–H groups in total. The van der Waals surface area contributed by atoms with E-state index in [4.69, 9.17) is 23.1 Å². The number of Topliss-reactive ketones (excluding diaryl/α,β-unsaturated/α-hetero) is 1. The average molecular weight is 333 g/mol. The van der Waals surface area contributed by atoms with Gasteiger partial charge in [0.05, 0.1) is 10.8 Å². The number of rotatable bonds is 8. The first-order valence-electron chi connectivity index (χ1n) is 6.69. The minimum atomic E-state index is -4.01. The van der Waals surface area contributed by atoms with Gasteiger partial charge in [0, 0.05) is 0 Å². The van der Waals surface area contributed by atoms with Gasteiger partial charge in [0.25, 0.3) is 0 Å². The van der Waals surface area contributed by atoms with Crippen LogP contribution in [0.5, 0.6) is 0 Å². The Balaban J connectivity index is 3.23. The highest BCUT2D eigenvalue weighted by atomic mass is 35.5. The second kappa shape index (κ2) is 7.35. The Labute approximate surface area is 130 Å². The van der Waals surface area contributed by atoms with E-state index in [0.29, 0.717) is 19.4 Å². The molecule has 0 bridgehead atoms. The van der Waals surface area contributed by atoms with E-state index in [1.165, 1.54) is 12.1 Å². The van der Waals surface area contributed by atoms with Crippen LogP contribution in [-0.2, 0) is 14.6 Å². The van der Waals surface area contributed by atoms with Crippen molar-refractivity contribution in [3.63, 3.8) is 0 Å². The first-order chi connectivity index (χ1) is 9.79. The van der Waals surface area contributed by atoms with Crippen LogP contribution >= 0.6 is 11.6 Å². The van der Waals surface area contributed by atoms with Crippen molar-refractivity contribution in [2.45, 2.75) is 36.0 Å². The summed E-state index contributed by atoms with van der Waals surface area (Å²) in [4.78, 5) is 10.1. The summed E-state index contributed by atoms with van der Waals surface area (Å²) < 4.78 is 25.4. The smallest absolute Gasteiger partial charge is 0.204 e. The van der Waals surface area contributed by atoms with E-state index in [9.17, 15) is 13.2 Å². The molecule has 21 heavy (non-hydrogen) atoms. The molecule has 0 radical (unpaired) electrons. The van der Waals surface area contributed by atoms with E-state index < -0.39 is 26.4 Å². The molecule has 0 spiro atoms. The fourth-order valence-electron chi connectivity index (χ4n) is 2.00. The maximum Gasteiger partial charge on any atom is 0.204 e. The fourth-order valence-corrected chi connectivity index (χ4v) is 4.01. The predicted octanol–water partition coefficient (Wildman–Crippen LogP) is 1.36. The van der Waals surface area contributed by atoms with Gasteiger partial charge >= 0.3 is 0 Å². The third-order valence-electron chi connectivity index (χ3n) is 3.41. The minimum absolute atomic E-state index is 0.00592. The van der Waals surface area contributed by atoms with Gasteiger partial charge < -0.3 is 11.5 Å². The number of aryl methyl sites for hydroxylation is 1. The Morgan fingerprint density at radius 3 is 2.29 bits per heavy atom. The highest BCUT2D eigenvalue weighted by Gasteiger charge is 2.46. The Morgan fingerprint density at radius 2 is 1.81 bits per heavy atom. The number of unbranched alkanes of at least 4 members (excludes halogenated alkanes) is 1. The van der Waals surface area contributed by atoms with Crippen molar-refractivity contribution >= 4 is 27.2 Å². The van der Waals surface area contributed by atoms with Crippen LogP contribution in [-0.4, -0.2) is 31.5 Å². The normalized spacial score (nSPS) is 14.7. The molecule has 1 rings (SSSR count). The second-order valence-corrected chi connectivity index (χ2v) is 7.48. The van der Waals surface area contributed by atoms with Crippen molar-refractivity contribution in [3.8, 4) is 0 Å². The Kier molecular flexibility index (Phi) is 6.34. The molecule has 1 aromatic rings. The van der Waals surface area contributed by atoms with Crippen molar-refractivity contribution in [3.05, 3.63) is 29.8 Å². The topological polar surface area (TPSA) is 103 Å². The van der Waals surface area contributed by atoms with E-state index >= 15 is 0 Å². The summed E-state index contributed by atoms with van der Waals surface area (Å²) in [5.74, 6) is -1.13. The van der Waals surface area contributed by atoms with Gasteiger partial charge in [-0.3, -0.25) is 4.79 Å². The second-order valence-electron chi connectivity index (χ2n) is 5.01. The van der Waals surface area contributed by atoms with Crippen molar-refractivity contribution in [1.29, 1.82) is 0 Å². The zero-order chi connectivity index (χ0) is 16.1. The SMILES string of the molecule is Cc1ccc(S(=O)(=O)[C@](N)(CCCCN)C(=O)CCl)cc1. The van der Waals surface area contributed by atoms with Gasteiger partial charge in [-0.2, -0.15) is 0 Å². The summed E-state index contributed by atoms with van der Waals surface area (Å²) >= 11 is 5.55. The lowest BCUT2D eigenvalue weighted by Crippen LogP contribution is -2.55. The molecule has 0 amide bonds. The number of halogens is 1. The van der Waals surface area contributed by atoms with Crippen LogP contribution in [0, 0.1) is 6.92 Å². The molecule has 7 heteroatoms. The molecule has 1 atom stereocenters. The molecule has 0 unspecified atom stereocenters. The third kappa shape index (κ3) is 3.83. The molecular formula is C14H21ClN2O3S. The monoisotopic (exact) mass is 332 g/mol. The van der Waals surface area contributed by atoms with Gasteiger partial charge in [0.1, 0.15) is 0 Å². The maximum absolute atomic E-state index is 12.7. The quantitative estimate of drug-likeness (QED) is 0.552. The number of hydrogen-bond donors (Lipinski definition) is 2. The van der Waals surface area contributed by atoms with E-state index in [2.05, 4.69) is 0 Å². The van der Waals surface area contributed by atoms with E-state index in [-0.39, 0.29) is 11.3 Å². The first-order valence-corrected chi connectivity index (χ1v) is 8.71.